The smallest absolute Gasteiger partial charge is 0.241 e. The van der Waals surface area contributed by atoms with E-state index in [4.69, 9.17) is 16.3 Å². The number of sulfonamides is 1. The molecule has 0 aliphatic rings. The van der Waals surface area contributed by atoms with Crippen molar-refractivity contribution < 1.29 is 22.7 Å². The molecule has 0 saturated carbocycles. The zero-order valence-corrected chi connectivity index (χ0v) is 20.4. The molecule has 7 nitrogen and oxygen atoms in total. The number of Topliss-reactive ketones (excluding diaryl/α,β-unsaturated/α-hetero) is 1. The molecule has 0 heterocycles. The Morgan fingerprint density at radius 3 is 1.97 bits per heavy atom. The van der Waals surface area contributed by atoms with Gasteiger partial charge in [0, 0.05) is 5.02 Å². The summed E-state index contributed by atoms with van der Waals surface area (Å²) in [6.07, 6.45) is -0.575. The Bertz CT molecular complexity index is 1050. The molecule has 0 fully saturated rings. The predicted molar refractivity (Wildman–Crippen MR) is 125 cm³/mol. The highest BCUT2D eigenvalue weighted by molar-refractivity contribution is 7.89. The summed E-state index contributed by atoms with van der Waals surface area (Å²) < 4.78 is 33.2. The summed E-state index contributed by atoms with van der Waals surface area (Å²) in [7, 11) is -3.91. The van der Waals surface area contributed by atoms with E-state index in [1.807, 2.05) is 32.9 Å². The Morgan fingerprint density at radius 2 is 1.50 bits per heavy atom. The molecule has 2 aromatic carbocycles. The Kier molecular flexibility index (Phi) is 8.59. The Morgan fingerprint density at radius 1 is 1.00 bits per heavy atom. The molecule has 32 heavy (non-hydrogen) atoms. The summed E-state index contributed by atoms with van der Waals surface area (Å²) in [5.74, 6) is -0.910. The number of hydrogen-bond acceptors (Lipinski definition) is 5. The number of ether oxygens (including phenoxy) is 1. The Balaban J connectivity index is 2.01. The minimum Gasteiger partial charge on any atom is -0.370 e. The fourth-order valence-corrected chi connectivity index (χ4v) is 4.22. The first-order valence-corrected chi connectivity index (χ1v) is 12.0. The molecule has 0 spiro atoms. The molecule has 2 atom stereocenters. The van der Waals surface area contributed by atoms with Gasteiger partial charge in [0.05, 0.1) is 23.1 Å². The van der Waals surface area contributed by atoms with E-state index in [1.54, 1.807) is 31.2 Å². The van der Waals surface area contributed by atoms with Crippen molar-refractivity contribution in [2.24, 2.45) is 0 Å². The second kappa shape index (κ2) is 10.6. The maximum absolute atomic E-state index is 12.6. The highest BCUT2D eigenvalue weighted by Gasteiger charge is 2.28. The van der Waals surface area contributed by atoms with Crippen LogP contribution in [0.15, 0.2) is 53.4 Å². The summed E-state index contributed by atoms with van der Waals surface area (Å²) >= 11 is 5.89. The number of rotatable bonds is 9. The lowest BCUT2D eigenvalue weighted by atomic mass is 10.1. The highest BCUT2D eigenvalue weighted by atomic mass is 35.5. The molecule has 2 N–H and O–H groups in total. The molecule has 0 saturated heterocycles. The topological polar surface area (TPSA) is 102 Å². The van der Waals surface area contributed by atoms with Crippen LogP contribution in [0, 0.1) is 0 Å². The van der Waals surface area contributed by atoms with Crippen LogP contribution in [0.3, 0.4) is 0 Å². The zero-order valence-electron chi connectivity index (χ0n) is 18.8. The summed E-state index contributed by atoms with van der Waals surface area (Å²) in [6, 6.07) is 12.6. The van der Waals surface area contributed by atoms with Crippen molar-refractivity contribution in [1.29, 1.82) is 0 Å². The Hall–Kier alpha value is -2.26. The normalized spacial score (nSPS) is 13.9. The number of amides is 1. The molecule has 2 rings (SSSR count). The van der Waals surface area contributed by atoms with Crippen LogP contribution in [0.5, 0.6) is 0 Å². The molecule has 0 radical (unpaired) electrons. The van der Waals surface area contributed by atoms with Gasteiger partial charge in [-0.1, -0.05) is 35.9 Å². The van der Waals surface area contributed by atoms with Crippen LogP contribution in [0.2, 0.25) is 5.02 Å². The van der Waals surface area contributed by atoms with Crippen LogP contribution in [-0.4, -0.2) is 44.4 Å². The monoisotopic (exact) mass is 480 g/mol. The number of nitrogens with one attached hydrogen (secondary N) is 2. The standard InChI is InChI=1S/C23H29ClN2O5S/c1-15(27)22(16(2)31-23(3,4)5)26-21(28)14-25-32(29,30)20-12-8-18(9-13-20)17-6-10-19(24)11-7-17/h6-13,16,22,25H,14H2,1-5H3,(H,26,28). The largest absolute Gasteiger partial charge is 0.370 e. The first kappa shape index (κ1) is 26.0. The van der Waals surface area contributed by atoms with Crippen molar-refractivity contribution in [2.75, 3.05) is 6.54 Å². The molecule has 1 amide bonds. The van der Waals surface area contributed by atoms with Crippen LogP contribution in [0.25, 0.3) is 11.1 Å². The maximum Gasteiger partial charge on any atom is 0.241 e. The SMILES string of the molecule is CC(=O)C(NC(=O)CNS(=O)(=O)c1ccc(-c2ccc(Cl)cc2)cc1)C(C)OC(C)(C)C. The summed E-state index contributed by atoms with van der Waals surface area (Å²) in [5.41, 5.74) is 1.22. The van der Waals surface area contributed by atoms with Crippen molar-refractivity contribution in [1.82, 2.24) is 10.0 Å². The van der Waals surface area contributed by atoms with Gasteiger partial charge in [-0.05, 0) is 70.0 Å². The lowest BCUT2D eigenvalue weighted by molar-refractivity contribution is -0.133. The molecule has 0 aliphatic carbocycles. The van der Waals surface area contributed by atoms with Gasteiger partial charge in [-0.3, -0.25) is 9.59 Å². The second-order valence-electron chi connectivity index (χ2n) is 8.45. The van der Waals surface area contributed by atoms with E-state index in [2.05, 4.69) is 10.0 Å². The van der Waals surface area contributed by atoms with Crippen molar-refractivity contribution in [3.8, 4) is 11.1 Å². The van der Waals surface area contributed by atoms with Crippen LogP contribution >= 0.6 is 11.6 Å². The van der Waals surface area contributed by atoms with Crippen LogP contribution in [0.4, 0.5) is 0 Å². The minimum absolute atomic E-state index is 0.0237. The molecule has 9 heteroatoms. The van der Waals surface area contributed by atoms with Crippen LogP contribution in [0.1, 0.15) is 34.6 Å². The lowest BCUT2D eigenvalue weighted by Gasteiger charge is -2.30. The number of ketones is 1. The molecule has 2 aromatic rings. The first-order chi connectivity index (χ1) is 14.8. The number of carbonyl (C=O) groups excluding carboxylic acids is 2. The zero-order chi connectivity index (χ0) is 24.1. The van der Waals surface area contributed by atoms with E-state index in [0.717, 1.165) is 11.1 Å². The molecule has 0 aliphatic heterocycles. The number of halogens is 1. The average Bonchev–Trinajstić information content (AvgIpc) is 2.69. The predicted octanol–water partition coefficient (Wildman–Crippen LogP) is 3.56. The van der Waals surface area contributed by atoms with Gasteiger partial charge in [0.15, 0.2) is 5.78 Å². The number of benzene rings is 2. The van der Waals surface area contributed by atoms with Crippen molar-refractivity contribution in [3.05, 3.63) is 53.6 Å². The fraction of sp³-hybridized carbons (Fsp3) is 0.391. The fourth-order valence-electron chi connectivity index (χ4n) is 3.11. The van der Waals surface area contributed by atoms with E-state index in [0.29, 0.717) is 5.02 Å². The summed E-state index contributed by atoms with van der Waals surface area (Å²) in [5, 5.41) is 3.16. The van der Waals surface area contributed by atoms with Crippen molar-refractivity contribution in [2.45, 2.75) is 57.3 Å². The van der Waals surface area contributed by atoms with Gasteiger partial charge in [-0.15, -0.1) is 0 Å². The quantitative estimate of drug-likeness (QED) is 0.571. The number of hydrogen-bond donors (Lipinski definition) is 2. The summed E-state index contributed by atoms with van der Waals surface area (Å²) in [4.78, 5) is 24.3. The molecule has 0 aromatic heterocycles. The van der Waals surface area contributed by atoms with Crippen molar-refractivity contribution in [3.63, 3.8) is 0 Å². The third kappa shape index (κ3) is 7.70. The van der Waals surface area contributed by atoms with Gasteiger partial charge in [0.2, 0.25) is 15.9 Å². The summed E-state index contributed by atoms with van der Waals surface area (Å²) in [6.45, 7) is 8.05. The number of carbonyl (C=O) groups is 2. The average molecular weight is 481 g/mol. The van der Waals surface area contributed by atoms with E-state index >= 15 is 0 Å². The van der Waals surface area contributed by atoms with Gasteiger partial charge in [-0.25, -0.2) is 13.1 Å². The van der Waals surface area contributed by atoms with E-state index in [1.165, 1.54) is 19.1 Å². The van der Waals surface area contributed by atoms with Gasteiger partial charge in [-0.2, -0.15) is 0 Å². The van der Waals surface area contributed by atoms with E-state index < -0.39 is 40.2 Å². The molecule has 0 bridgehead atoms. The third-order valence-electron chi connectivity index (χ3n) is 4.53. The lowest BCUT2D eigenvalue weighted by Crippen LogP contribution is -2.51. The molecule has 174 valence electrons. The first-order valence-electron chi connectivity index (χ1n) is 10.1. The minimum atomic E-state index is -3.91. The third-order valence-corrected chi connectivity index (χ3v) is 6.20. The van der Waals surface area contributed by atoms with Crippen LogP contribution < -0.4 is 10.0 Å². The van der Waals surface area contributed by atoms with Crippen molar-refractivity contribution >= 4 is 33.3 Å². The molecule has 2 unspecified atom stereocenters. The molecular weight excluding hydrogens is 452 g/mol. The second-order valence-corrected chi connectivity index (χ2v) is 10.7. The Labute approximate surface area is 194 Å². The van der Waals surface area contributed by atoms with E-state index in [-0.39, 0.29) is 10.7 Å². The highest BCUT2D eigenvalue weighted by Crippen LogP contribution is 2.23. The van der Waals surface area contributed by atoms with E-state index in [9.17, 15) is 18.0 Å². The van der Waals surface area contributed by atoms with Gasteiger partial charge < -0.3 is 10.1 Å². The van der Waals surface area contributed by atoms with Gasteiger partial charge in [0.1, 0.15) is 6.04 Å². The van der Waals surface area contributed by atoms with Gasteiger partial charge >= 0.3 is 0 Å². The van der Waals surface area contributed by atoms with Gasteiger partial charge in [0.25, 0.3) is 0 Å². The molecular formula is C23H29ClN2O5S. The van der Waals surface area contributed by atoms with Crippen LogP contribution in [-0.2, 0) is 24.3 Å². The maximum atomic E-state index is 12.6.